The maximum absolute atomic E-state index is 11.1. The summed E-state index contributed by atoms with van der Waals surface area (Å²) < 4.78 is 11.5. The van der Waals surface area contributed by atoms with Crippen molar-refractivity contribution >= 4 is 5.97 Å². The molecule has 0 aliphatic carbocycles. The molecule has 1 fully saturated rings. The number of ether oxygens (including phenoxy) is 2. The third kappa shape index (κ3) is 2.22. The highest BCUT2D eigenvalue weighted by Crippen LogP contribution is 2.43. The van der Waals surface area contributed by atoms with E-state index in [0.29, 0.717) is 13.0 Å². The summed E-state index contributed by atoms with van der Waals surface area (Å²) >= 11 is 0. The van der Waals surface area contributed by atoms with Crippen LogP contribution in [-0.2, 0) is 4.79 Å². The molecule has 2 heterocycles. The van der Waals surface area contributed by atoms with Crippen molar-refractivity contribution in [3.8, 4) is 11.5 Å². The molecule has 1 aromatic carbocycles. The van der Waals surface area contributed by atoms with E-state index in [9.17, 15) is 4.79 Å². The molecule has 5 heteroatoms. The van der Waals surface area contributed by atoms with Gasteiger partial charge in [0.15, 0.2) is 11.5 Å². The van der Waals surface area contributed by atoms with Crippen molar-refractivity contribution in [1.82, 2.24) is 5.32 Å². The molecule has 2 aliphatic rings. The molecule has 1 saturated heterocycles. The molecule has 0 radical (unpaired) electrons. The maximum atomic E-state index is 11.1. The average Bonchev–Trinajstić information content (AvgIpc) is 2.90. The number of aliphatic carboxylic acids is 1. The quantitative estimate of drug-likeness (QED) is 0.867. The molecular weight excluding hydrogens is 258 g/mol. The number of aryl methyl sites for hydroxylation is 1. The number of carboxylic acid groups (broad SMARTS) is 1. The van der Waals surface area contributed by atoms with Crippen LogP contribution in [0.4, 0.5) is 0 Å². The Morgan fingerprint density at radius 3 is 2.60 bits per heavy atom. The fraction of sp³-hybridized carbons (Fsp3) is 0.533. The average molecular weight is 277 g/mol. The summed E-state index contributed by atoms with van der Waals surface area (Å²) in [5, 5.41) is 12.4. The largest absolute Gasteiger partial charge is 0.481 e. The van der Waals surface area contributed by atoms with Gasteiger partial charge in [0.2, 0.25) is 5.79 Å². The number of rotatable bonds is 2. The smallest absolute Gasteiger partial charge is 0.307 e. The van der Waals surface area contributed by atoms with Crippen molar-refractivity contribution in [3.63, 3.8) is 0 Å². The molecule has 0 saturated carbocycles. The zero-order chi connectivity index (χ0) is 14.5. The normalized spacial score (nSPS) is 26.8. The molecule has 1 aromatic rings. The molecule has 0 bridgehead atoms. The van der Waals surface area contributed by atoms with Gasteiger partial charge >= 0.3 is 5.97 Å². The van der Waals surface area contributed by atoms with E-state index < -0.39 is 11.8 Å². The lowest BCUT2D eigenvalue weighted by atomic mass is 9.96. The van der Waals surface area contributed by atoms with Crippen molar-refractivity contribution in [2.45, 2.75) is 39.0 Å². The molecule has 0 spiro atoms. The standard InChI is InChI=1S/C15H19NO4/c1-8-4-12-13(20-15(2,3)19-12)6-10(8)11-5-9(7-16-11)14(17)18/h4,6,9,11,16H,5,7H2,1-3H3,(H,17,18). The van der Waals surface area contributed by atoms with Gasteiger partial charge in [0.25, 0.3) is 0 Å². The van der Waals surface area contributed by atoms with Gasteiger partial charge in [0.1, 0.15) is 0 Å². The van der Waals surface area contributed by atoms with E-state index >= 15 is 0 Å². The lowest BCUT2D eigenvalue weighted by Crippen LogP contribution is -2.29. The van der Waals surface area contributed by atoms with Crippen LogP contribution in [0, 0.1) is 12.8 Å². The van der Waals surface area contributed by atoms with Gasteiger partial charge in [0, 0.05) is 26.4 Å². The summed E-state index contributed by atoms with van der Waals surface area (Å²) in [5.74, 6) is -0.207. The van der Waals surface area contributed by atoms with Crippen LogP contribution in [0.25, 0.3) is 0 Å². The first-order valence-corrected chi connectivity index (χ1v) is 6.84. The Morgan fingerprint density at radius 1 is 1.35 bits per heavy atom. The molecule has 3 rings (SSSR count). The van der Waals surface area contributed by atoms with Crippen LogP contribution >= 0.6 is 0 Å². The van der Waals surface area contributed by atoms with E-state index in [1.165, 1.54) is 0 Å². The predicted octanol–water partition coefficient (Wildman–Crippen LogP) is 2.24. The lowest BCUT2D eigenvalue weighted by Gasteiger charge is -2.16. The second-order valence-corrected chi connectivity index (χ2v) is 5.99. The number of hydrogen-bond donors (Lipinski definition) is 2. The number of hydrogen-bond acceptors (Lipinski definition) is 4. The van der Waals surface area contributed by atoms with E-state index in [4.69, 9.17) is 14.6 Å². The highest BCUT2D eigenvalue weighted by atomic mass is 16.7. The number of nitrogens with one attached hydrogen (secondary N) is 1. The highest BCUT2D eigenvalue weighted by molar-refractivity contribution is 5.71. The van der Waals surface area contributed by atoms with Gasteiger partial charge in [0.05, 0.1) is 5.92 Å². The Balaban J connectivity index is 1.88. The Bertz CT molecular complexity index is 567. The van der Waals surface area contributed by atoms with Crippen molar-refractivity contribution in [2.24, 2.45) is 5.92 Å². The molecule has 2 N–H and O–H groups in total. The van der Waals surface area contributed by atoms with E-state index in [1.54, 1.807) is 0 Å². The van der Waals surface area contributed by atoms with Crippen molar-refractivity contribution in [1.29, 1.82) is 0 Å². The molecular formula is C15H19NO4. The van der Waals surface area contributed by atoms with Crippen molar-refractivity contribution in [2.75, 3.05) is 6.54 Å². The number of carbonyl (C=O) groups is 1. The minimum atomic E-state index is -0.737. The van der Waals surface area contributed by atoms with E-state index in [2.05, 4.69) is 5.32 Å². The molecule has 2 unspecified atom stereocenters. The van der Waals surface area contributed by atoms with Gasteiger partial charge in [-0.25, -0.2) is 0 Å². The van der Waals surface area contributed by atoms with Crippen molar-refractivity contribution in [3.05, 3.63) is 23.3 Å². The number of benzene rings is 1. The molecule has 5 nitrogen and oxygen atoms in total. The van der Waals surface area contributed by atoms with E-state index in [0.717, 1.165) is 22.6 Å². The van der Waals surface area contributed by atoms with Crippen LogP contribution in [0.2, 0.25) is 0 Å². The minimum absolute atomic E-state index is 0.0636. The fourth-order valence-corrected chi connectivity index (χ4v) is 2.92. The van der Waals surface area contributed by atoms with Crippen LogP contribution in [0.1, 0.15) is 37.4 Å². The van der Waals surface area contributed by atoms with Crippen LogP contribution in [-0.4, -0.2) is 23.4 Å². The Kier molecular flexibility index (Phi) is 2.90. The van der Waals surface area contributed by atoms with Gasteiger partial charge in [-0.2, -0.15) is 0 Å². The Labute approximate surface area is 117 Å². The third-order valence-corrected chi connectivity index (χ3v) is 3.90. The zero-order valence-corrected chi connectivity index (χ0v) is 11.9. The molecule has 0 amide bonds. The fourth-order valence-electron chi connectivity index (χ4n) is 2.92. The maximum Gasteiger partial charge on any atom is 0.307 e. The van der Waals surface area contributed by atoms with Crippen LogP contribution in [0.3, 0.4) is 0 Å². The molecule has 20 heavy (non-hydrogen) atoms. The first-order valence-electron chi connectivity index (χ1n) is 6.84. The van der Waals surface area contributed by atoms with Gasteiger partial charge in [-0.1, -0.05) is 0 Å². The SMILES string of the molecule is Cc1cc2c(cc1C1CC(C(=O)O)CN1)OC(C)(C)O2. The first-order chi connectivity index (χ1) is 9.35. The molecule has 2 aliphatic heterocycles. The van der Waals surface area contributed by atoms with Gasteiger partial charge in [-0.3, -0.25) is 4.79 Å². The van der Waals surface area contributed by atoms with Crippen LogP contribution < -0.4 is 14.8 Å². The van der Waals surface area contributed by atoms with Crippen molar-refractivity contribution < 1.29 is 19.4 Å². The predicted molar refractivity (Wildman–Crippen MR) is 73.0 cm³/mol. The van der Waals surface area contributed by atoms with Gasteiger partial charge < -0.3 is 19.9 Å². The summed E-state index contributed by atoms with van der Waals surface area (Å²) in [7, 11) is 0. The minimum Gasteiger partial charge on any atom is -0.481 e. The van der Waals surface area contributed by atoms with Crippen LogP contribution in [0.5, 0.6) is 11.5 Å². The molecule has 2 atom stereocenters. The third-order valence-electron chi connectivity index (χ3n) is 3.90. The van der Waals surface area contributed by atoms with Gasteiger partial charge in [-0.05, 0) is 36.6 Å². The highest BCUT2D eigenvalue weighted by Gasteiger charge is 2.35. The molecule has 108 valence electrons. The van der Waals surface area contributed by atoms with Gasteiger partial charge in [-0.15, -0.1) is 0 Å². The van der Waals surface area contributed by atoms with Crippen LogP contribution in [0.15, 0.2) is 12.1 Å². The van der Waals surface area contributed by atoms with E-state index in [-0.39, 0.29) is 12.0 Å². The summed E-state index contributed by atoms with van der Waals surface area (Å²) in [6, 6.07) is 4.00. The van der Waals surface area contributed by atoms with E-state index in [1.807, 2.05) is 32.9 Å². The molecule has 0 aromatic heterocycles. The monoisotopic (exact) mass is 277 g/mol. The second-order valence-electron chi connectivity index (χ2n) is 5.99. The summed E-state index contributed by atoms with van der Waals surface area (Å²) in [5.41, 5.74) is 2.18. The summed E-state index contributed by atoms with van der Waals surface area (Å²) in [4.78, 5) is 11.1. The number of carboxylic acids is 1. The number of fused-ring (bicyclic) bond motifs is 1. The lowest BCUT2D eigenvalue weighted by molar-refractivity contribution is -0.141. The second kappa shape index (κ2) is 4.38. The Hall–Kier alpha value is -1.75. The topological polar surface area (TPSA) is 67.8 Å². The summed E-state index contributed by atoms with van der Waals surface area (Å²) in [6.45, 7) is 6.27. The first kappa shape index (κ1) is 13.2. The zero-order valence-electron chi connectivity index (χ0n) is 11.9. The Morgan fingerprint density at radius 2 is 2.00 bits per heavy atom. The summed E-state index contributed by atoms with van der Waals surface area (Å²) in [6.07, 6.45) is 0.610.